The highest BCUT2D eigenvalue weighted by molar-refractivity contribution is 6.34. The molecule has 0 aliphatic carbocycles. The monoisotopic (exact) mass is 459 g/mol. The van der Waals surface area contributed by atoms with E-state index < -0.39 is 29.9 Å². The number of aliphatic hydroxyl groups is 2. The van der Waals surface area contributed by atoms with E-state index in [1.54, 1.807) is 18.2 Å². The van der Waals surface area contributed by atoms with E-state index in [0.29, 0.717) is 17.1 Å². The summed E-state index contributed by atoms with van der Waals surface area (Å²) in [4.78, 5) is 12.1. The third-order valence-electron chi connectivity index (χ3n) is 5.70. The normalized spacial score (nSPS) is 25.6. The molecule has 4 heterocycles. The minimum atomic E-state index is -1.69. The summed E-state index contributed by atoms with van der Waals surface area (Å²) in [5.41, 5.74) is 4.85. The van der Waals surface area contributed by atoms with Crippen LogP contribution in [0.1, 0.15) is 13.2 Å². The van der Waals surface area contributed by atoms with Crippen LogP contribution < -0.4 is 10.5 Å². The van der Waals surface area contributed by atoms with E-state index >= 15 is 0 Å². The third kappa shape index (κ3) is 3.32. The van der Waals surface area contributed by atoms with Gasteiger partial charge in [0.05, 0.1) is 10.9 Å². The number of pyridine rings is 1. The minimum absolute atomic E-state index is 0.00671. The second kappa shape index (κ2) is 7.52. The first-order chi connectivity index (χ1) is 15.3. The zero-order valence-corrected chi connectivity index (χ0v) is 17.6. The molecular formula is C21H19ClFN5O4. The van der Waals surface area contributed by atoms with E-state index in [4.69, 9.17) is 26.8 Å². The Morgan fingerprint density at radius 2 is 2.09 bits per heavy atom. The molecule has 3 aromatic heterocycles. The number of nitrogens with zero attached hydrogens (tertiary/aromatic N) is 4. The fraction of sp³-hybridized carbons (Fsp3) is 0.286. The summed E-state index contributed by atoms with van der Waals surface area (Å²) in [6.07, 6.45) is -1.14. The fourth-order valence-corrected chi connectivity index (χ4v) is 4.08. The predicted octanol–water partition coefficient (Wildman–Crippen LogP) is 2.44. The van der Waals surface area contributed by atoms with Crippen LogP contribution in [0.2, 0.25) is 5.15 Å². The summed E-state index contributed by atoms with van der Waals surface area (Å²) < 4.78 is 27.4. The van der Waals surface area contributed by atoms with Gasteiger partial charge in [0.15, 0.2) is 12.0 Å². The fourth-order valence-electron chi connectivity index (χ4n) is 3.86. The van der Waals surface area contributed by atoms with E-state index in [1.165, 1.54) is 17.8 Å². The molecule has 1 aliphatic rings. The summed E-state index contributed by atoms with van der Waals surface area (Å²) >= 11 is 5.98. The van der Waals surface area contributed by atoms with Gasteiger partial charge in [-0.15, -0.1) is 0 Å². The van der Waals surface area contributed by atoms with Crippen molar-refractivity contribution in [3.8, 4) is 5.75 Å². The predicted molar refractivity (Wildman–Crippen MR) is 115 cm³/mol. The van der Waals surface area contributed by atoms with Crippen molar-refractivity contribution >= 4 is 39.4 Å². The smallest absolute Gasteiger partial charge is 0.164 e. The Bertz CT molecular complexity index is 1330. The number of nitrogen functional groups attached to an aromatic ring is 1. The van der Waals surface area contributed by atoms with Gasteiger partial charge in [-0.05, 0) is 31.2 Å². The molecular weight excluding hydrogens is 441 g/mol. The van der Waals surface area contributed by atoms with Gasteiger partial charge >= 0.3 is 0 Å². The second-order valence-corrected chi connectivity index (χ2v) is 8.19. The maximum Gasteiger partial charge on any atom is 0.164 e. The van der Waals surface area contributed by atoms with Crippen molar-refractivity contribution in [3.05, 3.63) is 53.8 Å². The molecule has 0 saturated carbocycles. The van der Waals surface area contributed by atoms with Gasteiger partial charge in [0.2, 0.25) is 0 Å². The summed E-state index contributed by atoms with van der Waals surface area (Å²) in [7, 11) is 0. The molecule has 0 spiro atoms. The van der Waals surface area contributed by atoms with Crippen molar-refractivity contribution in [2.45, 2.75) is 31.0 Å². The highest BCUT2D eigenvalue weighted by atomic mass is 35.5. The van der Waals surface area contributed by atoms with Crippen LogP contribution in [-0.4, -0.2) is 54.1 Å². The van der Waals surface area contributed by atoms with Gasteiger partial charge in [0.1, 0.15) is 53.1 Å². The van der Waals surface area contributed by atoms with Gasteiger partial charge in [-0.25, -0.2) is 19.3 Å². The van der Waals surface area contributed by atoms with Crippen molar-refractivity contribution in [1.82, 2.24) is 19.5 Å². The quantitative estimate of drug-likeness (QED) is 0.397. The van der Waals surface area contributed by atoms with E-state index in [0.717, 1.165) is 11.6 Å². The van der Waals surface area contributed by atoms with E-state index in [-0.39, 0.29) is 22.8 Å². The minimum Gasteiger partial charge on any atom is -0.491 e. The Labute approximate surface area is 186 Å². The number of anilines is 1. The summed E-state index contributed by atoms with van der Waals surface area (Å²) in [5.74, 6) is 0.214. The SMILES string of the molecule is C[C@@]1(O)[C@@H](COc2ccc3ccc(N)nc3c2)O[C@@H](n2cc(F)c3c(Cl)ncnc32)[C@@H]1O. The molecule has 11 heteroatoms. The number of benzene rings is 1. The lowest BCUT2D eigenvalue weighted by molar-refractivity contribution is -0.0765. The van der Waals surface area contributed by atoms with Crippen molar-refractivity contribution in [3.63, 3.8) is 0 Å². The van der Waals surface area contributed by atoms with Gasteiger partial charge in [0, 0.05) is 17.6 Å². The van der Waals surface area contributed by atoms with Crippen LogP contribution in [-0.2, 0) is 4.74 Å². The van der Waals surface area contributed by atoms with Crippen molar-refractivity contribution in [1.29, 1.82) is 0 Å². The molecule has 1 aliphatic heterocycles. The van der Waals surface area contributed by atoms with Crippen molar-refractivity contribution < 1.29 is 24.1 Å². The average molecular weight is 460 g/mol. The highest BCUT2D eigenvalue weighted by Gasteiger charge is 2.53. The van der Waals surface area contributed by atoms with Crippen LogP contribution in [0.15, 0.2) is 42.9 Å². The molecule has 0 amide bonds. The molecule has 4 aromatic rings. The first-order valence-electron chi connectivity index (χ1n) is 9.77. The molecule has 1 fully saturated rings. The Morgan fingerprint density at radius 3 is 2.91 bits per heavy atom. The number of hydrogen-bond donors (Lipinski definition) is 3. The molecule has 166 valence electrons. The number of fused-ring (bicyclic) bond motifs is 2. The number of halogens is 2. The van der Waals surface area contributed by atoms with Crippen LogP contribution >= 0.6 is 11.6 Å². The van der Waals surface area contributed by atoms with Gasteiger partial charge in [-0.1, -0.05) is 11.6 Å². The Kier molecular flexibility index (Phi) is 4.90. The van der Waals surface area contributed by atoms with Crippen LogP contribution in [0.3, 0.4) is 0 Å². The number of aromatic nitrogens is 4. The maximum atomic E-state index is 14.4. The number of nitrogens with two attached hydrogens (primary N) is 1. The molecule has 0 bridgehead atoms. The van der Waals surface area contributed by atoms with Crippen molar-refractivity contribution in [2.24, 2.45) is 0 Å². The van der Waals surface area contributed by atoms with Crippen LogP contribution in [0.5, 0.6) is 5.75 Å². The summed E-state index contributed by atoms with van der Waals surface area (Å²) in [6.45, 7) is 1.35. The van der Waals surface area contributed by atoms with E-state index in [9.17, 15) is 14.6 Å². The van der Waals surface area contributed by atoms with E-state index in [2.05, 4.69) is 15.0 Å². The third-order valence-corrected chi connectivity index (χ3v) is 5.99. The lowest BCUT2D eigenvalue weighted by atomic mass is 9.95. The maximum absolute atomic E-state index is 14.4. The molecule has 1 aromatic carbocycles. The van der Waals surface area contributed by atoms with Gasteiger partial charge in [-0.3, -0.25) is 0 Å². The van der Waals surface area contributed by atoms with Gasteiger partial charge in [0.25, 0.3) is 0 Å². The average Bonchev–Trinajstić information content (AvgIpc) is 3.20. The molecule has 1 saturated heterocycles. The zero-order chi connectivity index (χ0) is 22.6. The standard InChI is InChI=1S/C21H19ClFN5O4/c1-21(30)14(8-31-11-4-2-10-3-5-15(24)27-13(10)6-11)32-20(17(21)29)28-7-12(23)16-18(22)25-9-26-19(16)28/h2-7,9,14,17,20,29-30H,8H2,1H3,(H2,24,27)/t14-,17+,20-,21-/m1/s1. The van der Waals surface area contributed by atoms with Crippen LogP contribution in [0.4, 0.5) is 10.2 Å². The topological polar surface area (TPSA) is 129 Å². The lowest BCUT2D eigenvalue weighted by Crippen LogP contribution is -2.47. The van der Waals surface area contributed by atoms with Crippen molar-refractivity contribution in [2.75, 3.05) is 12.3 Å². The lowest BCUT2D eigenvalue weighted by Gasteiger charge is -2.26. The van der Waals surface area contributed by atoms with Crippen LogP contribution in [0.25, 0.3) is 21.9 Å². The van der Waals surface area contributed by atoms with Gasteiger partial charge < -0.3 is 30.0 Å². The van der Waals surface area contributed by atoms with Crippen LogP contribution in [0, 0.1) is 5.82 Å². The summed E-state index contributed by atoms with van der Waals surface area (Å²) in [6, 6.07) is 8.87. The number of hydrogen-bond acceptors (Lipinski definition) is 8. The molecule has 0 unspecified atom stereocenters. The Balaban J connectivity index is 1.40. The first kappa shape index (κ1) is 20.8. The molecule has 4 N–H and O–H groups in total. The molecule has 32 heavy (non-hydrogen) atoms. The number of rotatable bonds is 4. The Morgan fingerprint density at radius 1 is 1.31 bits per heavy atom. The zero-order valence-electron chi connectivity index (χ0n) is 16.8. The second-order valence-electron chi connectivity index (χ2n) is 7.83. The van der Waals surface area contributed by atoms with Gasteiger partial charge in [-0.2, -0.15) is 0 Å². The highest BCUT2D eigenvalue weighted by Crippen LogP contribution is 2.40. The molecule has 5 rings (SSSR count). The first-order valence-corrected chi connectivity index (χ1v) is 10.1. The number of ether oxygens (including phenoxy) is 2. The largest absolute Gasteiger partial charge is 0.491 e. The molecule has 9 nitrogen and oxygen atoms in total. The summed E-state index contributed by atoms with van der Waals surface area (Å²) in [5, 5.41) is 22.5. The van der Waals surface area contributed by atoms with E-state index in [1.807, 2.05) is 12.1 Å². The molecule has 4 atom stereocenters. The molecule has 0 radical (unpaired) electrons. The Hall–Kier alpha value is -3.05. The number of aliphatic hydroxyl groups excluding tert-OH is 1.